The van der Waals surface area contributed by atoms with Gasteiger partial charge in [-0.3, -0.25) is 14.6 Å². The zero-order valence-electron chi connectivity index (χ0n) is 13.0. The van der Waals surface area contributed by atoms with Gasteiger partial charge in [-0.25, -0.2) is 0 Å². The first-order valence-electron chi connectivity index (χ1n) is 7.22. The van der Waals surface area contributed by atoms with Gasteiger partial charge in [-0.15, -0.1) is 11.3 Å². The summed E-state index contributed by atoms with van der Waals surface area (Å²) in [4.78, 5) is 29.9. The van der Waals surface area contributed by atoms with Crippen LogP contribution >= 0.6 is 22.9 Å². The quantitative estimate of drug-likeness (QED) is 0.786. The molecule has 5 nitrogen and oxygen atoms in total. The number of allylic oxidation sites excluding steroid dienone is 4. The van der Waals surface area contributed by atoms with Crippen LogP contribution in [-0.2, 0) is 4.79 Å². The number of fused-ring (bicyclic) bond motifs is 1. The summed E-state index contributed by atoms with van der Waals surface area (Å²) >= 11 is 7.41. The lowest BCUT2D eigenvalue weighted by molar-refractivity contribution is -0.136. The summed E-state index contributed by atoms with van der Waals surface area (Å²) in [7, 11) is 0. The van der Waals surface area contributed by atoms with Crippen molar-refractivity contribution >= 4 is 40.4 Å². The van der Waals surface area contributed by atoms with E-state index in [1.807, 2.05) is 13.0 Å². The maximum absolute atomic E-state index is 12.9. The van der Waals surface area contributed by atoms with Gasteiger partial charge in [0.05, 0.1) is 27.6 Å². The maximum Gasteiger partial charge on any atom is 0.307 e. The third kappa shape index (κ3) is 2.72. The van der Waals surface area contributed by atoms with Gasteiger partial charge in [0.25, 0.3) is 0 Å². The van der Waals surface area contributed by atoms with Crippen molar-refractivity contribution in [3.8, 4) is 0 Å². The number of halogens is 1. The number of aliphatic hydroxyl groups excluding tert-OH is 1. The third-order valence-corrected chi connectivity index (χ3v) is 5.23. The van der Waals surface area contributed by atoms with Crippen LogP contribution in [0.3, 0.4) is 0 Å². The zero-order valence-corrected chi connectivity index (χ0v) is 14.6. The number of carboxylic acids is 1. The molecule has 0 saturated carbocycles. The van der Waals surface area contributed by atoms with E-state index in [1.54, 1.807) is 13.0 Å². The lowest BCUT2D eigenvalue weighted by Crippen LogP contribution is -2.19. The molecule has 0 saturated heterocycles. The van der Waals surface area contributed by atoms with Gasteiger partial charge in [0.1, 0.15) is 5.76 Å². The number of rotatable bonds is 4. The van der Waals surface area contributed by atoms with Crippen molar-refractivity contribution in [1.29, 1.82) is 0 Å². The molecule has 0 atom stereocenters. The van der Waals surface area contributed by atoms with Crippen molar-refractivity contribution in [3.63, 3.8) is 0 Å². The number of carboxylic acid groups (broad SMARTS) is 1. The highest BCUT2D eigenvalue weighted by molar-refractivity contribution is 7.14. The summed E-state index contributed by atoms with van der Waals surface area (Å²) < 4.78 is 0. The number of nitrogens with zero attached hydrogens (tertiary/aromatic N) is 1. The monoisotopic (exact) mass is 363 g/mol. The van der Waals surface area contributed by atoms with Gasteiger partial charge in [0, 0.05) is 22.6 Å². The minimum atomic E-state index is -1.02. The van der Waals surface area contributed by atoms with Gasteiger partial charge < -0.3 is 10.2 Å². The average molecular weight is 364 g/mol. The second kappa shape index (κ2) is 6.03. The summed E-state index contributed by atoms with van der Waals surface area (Å²) in [6.45, 7) is 3.57. The Labute approximate surface area is 147 Å². The van der Waals surface area contributed by atoms with E-state index in [-0.39, 0.29) is 35.0 Å². The maximum atomic E-state index is 12.9. The molecule has 0 spiro atoms. The topological polar surface area (TPSA) is 87.0 Å². The highest BCUT2D eigenvalue weighted by Gasteiger charge is 2.36. The summed E-state index contributed by atoms with van der Waals surface area (Å²) in [6, 6.07) is 3.50. The second-order valence-electron chi connectivity index (χ2n) is 5.61. The minimum Gasteiger partial charge on any atom is -0.506 e. The molecule has 24 heavy (non-hydrogen) atoms. The number of carbonyl (C=O) groups excluding carboxylic acids is 1. The molecule has 1 aliphatic heterocycles. The number of thiophene rings is 1. The largest absolute Gasteiger partial charge is 0.506 e. The molecule has 2 heterocycles. The molecule has 2 N–H and O–H groups in total. The van der Waals surface area contributed by atoms with Crippen LogP contribution in [0.4, 0.5) is 0 Å². The van der Waals surface area contributed by atoms with Crippen molar-refractivity contribution in [3.05, 3.63) is 55.1 Å². The number of hydrogen-bond donors (Lipinski definition) is 2. The molecular formula is C17H14ClNO4S. The van der Waals surface area contributed by atoms with Crippen LogP contribution in [0, 0.1) is 6.92 Å². The Kier molecular flexibility index (Phi) is 4.19. The van der Waals surface area contributed by atoms with Crippen molar-refractivity contribution in [2.24, 2.45) is 4.99 Å². The molecular weight excluding hydrogens is 350 g/mol. The molecule has 2 aliphatic rings. The normalized spacial score (nSPS) is 17.4. The highest BCUT2D eigenvalue weighted by Crippen LogP contribution is 2.41. The Morgan fingerprint density at radius 1 is 1.33 bits per heavy atom. The molecule has 0 radical (unpaired) electrons. The fourth-order valence-electron chi connectivity index (χ4n) is 2.86. The van der Waals surface area contributed by atoms with Crippen LogP contribution in [0.2, 0.25) is 0 Å². The second-order valence-corrected chi connectivity index (χ2v) is 7.36. The Balaban J connectivity index is 2.20. The lowest BCUT2D eigenvalue weighted by Gasteiger charge is -2.19. The van der Waals surface area contributed by atoms with Gasteiger partial charge in [-0.2, -0.15) is 0 Å². The van der Waals surface area contributed by atoms with Crippen LogP contribution < -0.4 is 0 Å². The molecule has 0 fully saturated rings. The van der Waals surface area contributed by atoms with Gasteiger partial charge >= 0.3 is 5.97 Å². The number of aliphatic imine (C=N–C) groups is 1. The van der Waals surface area contributed by atoms with E-state index in [4.69, 9.17) is 16.7 Å². The van der Waals surface area contributed by atoms with Crippen molar-refractivity contribution < 1.29 is 19.8 Å². The molecule has 1 aromatic rings. The number of aryl methyl sites for hydroxylation is 1. The van der Waals surface area contributed by atoms with Crippen LogP contribution in [0.15, 0.2) is 50.3 Å². The van der Waals surface area contributed by atoms with Crippen molar-refractivity contribution in [2.45, 2.75) is 26.7 Å². The Bertz CT molecular complexity index is 901. The van der Waals surface area contributed by atoms with Crippen LogP contribution in [0.5, 0.6) is 0 Å². The van der Waals surface area contributed by atoms with Gasteiger partial charge in [-0.1, -0.05) is 11.6 Å². The number of ketones is 1. The highest BCUT2D eigenvalue weighted by atomic mass is 35.5. The number of hydrogen-bond acceptors (Lipinski definition) is 5. The van der Waals surface area contributed by atoms with Crippen molar-refractivity contribution in [2.75, 3.05) is 0 Å². The molecule has 1 aliphatic carbocycles. The van der Waals surface area contributed by atoms with E-state index in [9.17, 15) is 14.7 Å². The van der Waals surface area contributed by atoms with E-state index in [2.05, 4.69) is 4.99 Å². The van der Waals surface area contributed by atoms with Crippen LogP contribution in [0.1, 0.15) is 34.3 Å². The zero-order chi connectivity index (χ0) is 17.6. The van der Waals surface area contributed by atoms with Gasteiger partial charge in [0.2, 0.25) is 5.78 Å². The van der Waals surface area contributed by atoms with E-state index in [1.165, 1.54) is 11.3 Å². The van der Waals surface area contributed by atoms with E-state index in [0.29, 0.717) is 27.4 Å². The van der Waals surface area contributed by atoms with Gasteiger partial charge in [0.15, 0.2) is 0 Å². The molecule has 3 rings (SSSR count). The lowest BCUT2D eigenvalue weighted by atomic mass is 9.86. The predicted octanol–water partition coefficient (Wildman–Crippen LogP) is 4.15. The Morgan fingerprint density at radius 2 is 2.04 bits per heavy atom. The summed E-state index contributed by atoms with van der Waals surface area (Å²) in [5.74, 6) is -1.68. The first-order chi connectivity index (χ1) is 11.3. The standard InChI is InChI=1S/C17H14ClNO4S/c1-7-3-4-12(24-7)17(23)15-14-9(5-13(20)21)8(2)19-11(14)6-10(18)16(15)22/h3-4,22H,5-6H2,1-2H3,(H,20,21). The van der Waals surface area contributed by atoms with Crippen LogP contribution in [-0.4, -0.2) is 27.7 Å². The van der Waals surface area contributed by atoms with Gasteiger partial charge in [-0.05, 0) is 31.6 Å². The average Bonchev–Trinajstić information content (AvgIpc) is 3.05. The number of aliphatic hydroxyl groups is 1. The fourth-order valence-corrected chi connectivity index (χ4v) is 3.89. The molecule has 0 unspecified atom stereocenters. The summed E-state index contributed by atoms with van der Waals surface area (Å²) in [6.07, 6.45) is -0.0806. The smallest absolute Gasteiger partial charge is 0.307 e. The number of carbonyl (C=O) groups is 2. The predicted molar refractivity (Wildman–Crippen MR) is 92.9 cm³/mol. The van der Waals surface area contributed by atoms with Crippen molar-refractivity contribution in [1.82, 2.24) is 0 Å². The Hall–Kier alpha value is -2.18. The number of Topliss-reactive ketones (excluding diaryl/α,β-unsaturated/α-hetero) is 1. The Morgan fingerprint density at radius 3 is 2.62 bits per heavy atom. The van der Waals surface area contributed by atoms with E-state index in [0.717, 1.165) is 4.88 Å². The van der Waals surface area contributed by atoms with E-state index < -0.39 is 5.97 Å². The summed E-state index contributed by atoms with van der Waals surface area (Å²) in [5, 5.41) is 19.7. The molecule has 0 amide bonds. The molecule has 7 heteroatoms. The van der Waals surface area contributed by atoms with E-state index >= 15 is 0 Å². The molecule has 0 aromatic carbocycles. The first-order valence-corrected chi connectivity index (χ1v) is 8.42. The molecule has 0 bridgehead atoms. The fraction of sp³-hybridized carbons (Fsp3) is 0.235. The minimum absolute atomic E-state index is 0.0416. The van der Waals surface area contributed by atoms with Crippen LogP contribution in [0.25, 0.3) is 0 Å². The first kappa shape index (κ1) is 16.7. The number of aliphatic carboxylic acids is 1. The molecule has 1 aromatic heterocycles. The SMILES string of the molecule is CC1=C(CC(=O)O)C2=C(C(=O)c3ccc(C)s3)C(O)=C(Cl)CC2=N1. The molecule has 124 valence electrons. The third-order valence-electron chi connectivity index (χ3n) is 3.92. The summed E-state index contributed by atoms with van der Waals surface area (Å²) in [5.41, 5.74) is 1.97.